The number of benzene rings is 2. The van der Waals surface area contributed by atoms with Crippen molar-refractivity contribution in [2.75, 3.05) is 19.6 Å². The van der Waals surface area contributed by atoms with Crippen molar-refractivity contribution in [2.24, 2.45) is 5.73 Å². The first-order chi connectivity index (χ1) is 12.2. The molecule has 138 valence electrons. The number of hydrogen-bond acceptors (Lipinski definition) is 5. The Morgan fingerprint density at radius 3 is 2.42 bits per heavy atom. The molecule has 0 aliphatic heterocycles. The van der Waals surface area contributed by atoms with Gasteiger partial charge in [0.1, 0.15) is 0 Å². The number of nitrogens with two attached hydrogens (primary N) is 1. The molecule has 2 aromatic carbocycles. The van der Waals surface area contributed by atoms with Crippen LogP contribution >= 0.6 is 24.0 Å². The first-order valence-corrected chi connectivity index (χ1v) is 8.67. The lowest BCUT2D eigenvalue weighted by atomic mass is 10.1. The molecule has 0 saturated heterocycles. The van der Waals surface area contributed by atoms with Crippen LogP contribution in [-0.4, -0.2) is 34.7 Å². The van der Waals surface area contributed by atoms with E-state index in [4.69, 9.17) is 21.9 Å². The molecule has 0 spiro atoms. The highest BCUT2D eigenvalue weighted by molar-refractivity contribution is 6.30. The van der Waals surface area contributed by atoms with Crippen LogP contribution in [0, 0.1) is 0 Å². The zero-order valence-corrected chi connectivity index (χ0v) is 15.9. The van der Waals surface area contributed by atoms with E-state index in [0.29, 0.717) is 29.8 Å². The van der Waals surface area contributed by atoms with Crippen molar-refractivity contribution in [3.63, 3.8) is 0 Å². The van der Waals surface area contributed by atoms with Crippen LogP contribution in [0.5, 0.6) is 0 Å². The molecule has 5 nitrogen and oxygen atoms in total. The number of aromatic nitrogens is 2. The molecule has 26 heavy (non-hydrogen) atoms. The average Bonchev–Trinajstić information content (AvgIpc) is 3.10. The Bertz CT molecular complexity index is 778. The molecule has 0 unspecified atom stereocenters. The summed E-state index contributed by atoms with van der Waals surface area (Å²) < 4.78 is 5.40. The van der Waals surface area contributed by atoms with Gasteiger partial charge in [0.2, 0.25) is 11.7 Å². The summed E-state index contributed by atoms with van der Waals surface area (Å²) in [5.41, 5.74) is 7.93. The van der Waals surface area contributed by atoms with Crippen molar-refractivity contribution < 1.29 is 4.52 Å². The zero-order valence-electron chi connectivity index (χ0n) is 14.3. The van der Waals surface area contributed by atoms with Crippen LogP contribution in [0.1, 0.15) is 11.5 Å². The summed E-state index contributed by atoms with van der Waals surface area (Å²) in [7, 11) is 0. The van der Waals surface area contributed by atoms with Gasteiger partial charge in [0.15, 0.2) is 0 Å². The molecule has 1 heterocycles. The molecule has 1 aromatic heterocycles. The summed E-state index contributed by atoms with van der Waals surface area (Å²) >= 11 is 5.91. The lowest BCUT2D eigenvalue weighted by Crippen LogP contribution is -2.31. The smallest absolute Gasteiger partial charge is 0.241 e. The molecule has 7 heteroatoms. The SMILES string of the molecule is Cl.NCCN(CCc1ccccc1)Cc1nc(-c2ccc(Cl)cc2)no1. The molecule has 0 aliphatic rings. The second-order valence-electron chi connectivity index (χ2n) is 5.82. The van der Waals surface area contributed by atoms with Gasteiger partial charge in [-0.2, -0.15) is 4.98 Å². The molecule has 3 aromatic rings. The fourth-order valence-electron chi connectivity index (χ4n) is 2.61. The largest absolute Gasteiger partial charge is 0.338 e. The Labute approximate surface area is 164 Å². The van der Waals surface area contributed by atoms with E-state index in [1.54, 1.807) is 0 Å². The van der Waals surface area contributed by atoms with Crippen molar-refractivity contribution in [3.8, 4) is 11.4 Å². The Hall–Kier alpha value is -1.92. The second kappa shape index (κ2) is 10.3. The van der Waals surface area contributed by atoms with Gasteiger partial charge in [0.05, 0.1) is 6.54 Å². The molecule has 0 amide bonds. The predicted octanol–water partition coefficient (Wildman–Crippen LogP) is 3.82. The van der Waals surface area contributed by atoms with Crippen LogP contribution < -0.4 is 5.73 Å². The highest BCUT2D eigenvalue weighted by Gasteiger charge is 2.13. The normalized spacial score (nSPS) is 10.7. The molecule has 0 radical (unpaired) electrons. The highest BCUT2D eigenvalue weighted by Crippen LogP contribution is 2.19. The Balaban J connectivity index is 0.00000243. The van der Waals surface area contributed by atoms with Crippen LogP contribution in [0.2, 0.25) is 5.02 Å². The Morgan fingerprint density at radius 1 is 1.00 bits per heavy atom. The first-order valence-electron chi connectivity index (χ1n) is 8.29. The monoisotopic (exact) mass is 392 g/mol. The third-order valence-electron chi connectivity index (χ3n) is 3.93. The van der Waals surface area contributed by atoms with Crippen molar-refractivity contribution >= 4 is 24.0 Å². The quantitative estimate of drug-likeness (QED) is 0.630. The van der Waals surface area contributed by atoms with Crippen molar-refractivity contribution in [3.05, 3.63) is 71.1 Å². The predicted molar refractivity (Wildman–Crippen MR) is 106 cm³/mol. The maximum Gasteiger partial charge on any atom is 0.241 e. The van der Waals surface area contributed by atoms with E-state index in [9.17, 15) is 0 Å². The maximum atomic E-state index is 5.91. The summed E-state index contributed by atoms with van der Waals surface area (Å²) in [6.45, 7) is 2.85. The number of nitrogens with zero attached hydrogens (tertiary/aromatic N) is 3. The number of halogens is 2. The molecular formula is C19H22Cl2N4O. The molecule has 3 rings (SSSR count). The third kappa shape index (κ3) is 5.81. The van der Waals surface area contributed by atoms with E-state index < -0.39 is 0 Å². The molecule has 2 N–H and O–H groups in total. The van der Waals surface area contributed by atoms with Gasteiger partial charge in [-0.15, -0.1) is 12.4 Å². The van der Waals surface area contributed by atoms with Crippen LogP contribution in [0.3, 0.4) is 0 Å². The Morgan fingerprint density at radius 2 is 1.73 bits per heavy atom. The molecule has 0 aliphatic carbocycles. The van der Waals surface area contributed by atoms with Crippen molar-refractivity contribution in [2.45, 2.75) is 13.0 Å². The van der Waals surface area contributed by atoms with E-state index >= 15 is 0 Å². The van der Waals surface area contributed by atoms with Gasteiger partial charge in [0, 0.05) is 30.2 Å². The summed E-state index contributed by atoms with van der Waals surface area (Å²) in [4.78, 5) is 6.71. The molecule has 0 bridgehead atoms. The molecule has 0 fully saturated rings. The van der Waals surface area contributed by atoms with Gasteiger partial charge in [-0.05, 0) is 36.2 Å². The van der Waals surface area contributed by atoms with E-state index in [1.165, 1.54) is 5.56 Å². The lowest BCUT2D eigenvalue weighted by Gasteiger charge is -2.19. The summed E-state index contributed by atoms with van der Waals surface area (Å²) in [5.74, 6) is 1.16. The maximum absolute atomic E-state index is 5.91. The van der Waals surface area contributed by atoms with Crippen molar-refractivity contribution in [1.82, 2.24) is 15.0 Å². The van der Waals surface area contributed by atoms with Crippen LogP contribution in [0.4, 0.5) is 0 Å². The molecule has 0 atom stereocenters. The third-order valence-corrected chi connectivity index (χ3v) is 4.19. The minimum Gasteiger partial charge on any atom is -0.338 e. The van der Waals surface area contributed by atoms with E-state index in [1.807, 2.05) is 30.3 Å². The number of hydrogen-bond donors (Lipinski definition) is 1. The van der Waals surface area contributed by atoms with Crippen molar-refractivity contribution in [1.29, 1.82) is 0 Å². The van der Waals surface area contributed by atoms with Crippen LogP contribution in [-0.2, 0) is 13.0 Å². The average molecular weight is 393 g/mol. The van der Waals surface area contributed by atoms with Gasteiger partial charge >= 0.3 is 0 Å². The fraction of sp³-hybridized carbons (Fsp3) is 0.263. The summed E-state index contributed by atoms with van der Waals surface area (Å²) in [5, 5.41) is 4.74. The summed E-state index contributed by atoms with van der Waals surface area (Å²) in [6.07, 6.45) is 0.957. The van der Waals surface area contributed by atoms with E-state index in [-0.39, 0.29) is 12.4 Å². The molecular weight excluding hydrogens is 371 g/mol. The second-order valence-corrected chi connectivity index (χ2v) is 6.26. The zero-order chi connectivity index (χ0) is 17.5. The highest BCUT2D eigenvalue weighted by atomic mass is 35.5. The van der Waals surface area contributed by atoms with Gasteiger partial charge < -0.3 is 10.3 Å². The van der Waals surface area contributed by atoms with Crippen LogP contribution in [0.15, 0.2) is 59.1 Å². The van der Waals surface area contributed by atoms with Crippen LogP contribution in [0.25, 0.3) is 11.4 Å². The molecule has 0 saturated carbocycles. The first kappa shape index (κ1) is 20.4. The standard InChI is InChI=1S/C19H21ClN4O.ClH/c20-17-8-6-16(7-9-17)19-22-18(25-23-19)14-24(13-11-21)12-10-15-4-2-1-3-5-15;/h1-9H,10-14,21H2;1H. The number of rotatable bonds is 8. The van der Waals surface area contributed by atoms with E-state index in [2.05, 4.69) is 39.3 Å². The minimum atomic E-state index is 0. The Kier molecular flexibility index (Phi) is 8.06. The topological polar surface area (TPSA) is 68.2 Å². The minimum absolute atomic E-state index is 0. The lowest BCUT2D eigenvalue weighted by molar-refractivity contribution is 0.234. The summed E-state index contributed by atoms with van der Waals surface area (Å²) in [6, 6.07) is 17.8. The van der Waals surface area contributed by atoms with Gasteiger partial charge in [-0.25, -0.2) is 0 Å². The van der Waals surface area contributed by atoms with Gasteiger partial charge in [-0.1, -0.05) is 47.1 Å². The van der Waals surface area contributed by atoms with E-state index in [0.717, 1.165) is 25.1 Å². The fourth-order valence-corrected chi connectivity index (χ4v) is 2.74. The van der Waals surface area contributed by atoms with Gasteiger partial charge in [0.25, 0.3) is 0 Å². The van der Waals surface area contributed by atoms with Gasteiger partial charge in [-0.3, -0.25) is 4.90 Å².